The molecule has 3 aliphatic rings. The second-order valence-corrected chi connectivity index (χ2v) is 11.8. The number of carbonyl (C=O) groups is 3. The van der Waals surface area contributed by atoms with Gasteiger partial charge in [0.05, 0.1) is 6.04 Å². The van der Waals surface area contributed by atoms with Crippen LogP contribution in [0, 0.1) is 12.3 Å². The van der Waals surface area contributed by atoms with Crippen molar-refractivity contribution in [2.24, 2.45) is 5.41 Å². The van der Waals surface area contributed by atoms with E-state index in [1.165, 1.54) is 17.7 Å². The number of piperazine rings is 1. The van der Waals surface area contributed by atoms with Crippen molar-refractivity contribution in [2.45, 2.75) is 84.5 Å². The molecular formula is C33H44N4O4. The molecule has 8 heteroatoms. The van der Waals surface area contributed by atoms with Crippen LogP contribution in [0.3, 0.4) is 0 Å². The Hall–Kier alpha value is -3.39. The predicted octanol–water partition coefficient (Wildman–Crippen LogP) is 5.52. The van der Waals surface area contributed by atoms with Gasteiger partial charge < -0.3 is 15.0 Å². The van der Waals surface area contributed by atoms with Crippen LogP contribution in [-0.2, 0) is 4.79 Å². The van der Waals surface area contributed by atoms with Gasteiger partial charge in [-0.05, 0) is 68.9 Å². The van der Waals surface area contributed by atoms with Crippen molar-refractivity contribution in [1.29, 1.82) is 0 Å². The number of β-lactam (4-membered cyclic amide) rings is 1. The number of rotatable bonds is 10. The maximum atomic E-state index is 13.5. The molecule has 0 bridgehead atoms. The summed E-state index contributed by atoms with van der Waals surface area (Å²) in [7, 11) is 0. The van der Waals surface area contributed by atoms with Crippen molar-refractivity contribution in [3.8, 4) is 5.75 Å². The van der Waals surface area contributed by atoms with Crippen LogP contribution in [0.1, 0.15) is 86.8 Å². The SMILES string of the molecule is CCCC(NC(=O)N1C(=O)C(CC)(CC)C1Oc1ccc(C(=O)N2CCN(C3CC3)CC2)cc1)c1ccc(C)cc1. The van der Waals surface area contributed by atoms with Crippen LogP contribution in [0.15, 0.2) is 48.5 Å². The van der Waals surface area contributed by atoms with E-state index in [0.29, 0.717) is 24.2 Å². The fourth-order valence-corrected chi connectivity index (χ4v) is 6.24. The van der Waals surface area contributed by atoms with Gasteiger partial charge in [0.2, 0.25) is 5.91 Å². The molecule has 2 aliphatic heterocycles. The average Bonchev–Trinajstić information content (AvgIpc) is 3.84. The first-order valence-corrected chi connectivity index (χ1v) is 15.3. The van der Waals surface area contributed by atoms with E-state index in [0.717, 1.165) is 56.2 Å². The third-order valence-electron chi connectivity index (χ3n) is 9.20. The second kappa shape index (κ2) is 12.2. The summed E-state index contributed by atoms with van der Waals surface area (Å²) in [5.41, 5.74) is 2.02. The fourth-order valence-electron chi connectivity index (χ4n) is 6.24. The minimum atomic E-state index is -0.767. The molecule has 5 rings (SSSR count). The first kappa shape index (κ1) is 29.1. The van der Waals surface area contributed by atoms with Gasteiger partial charge >= 0.3 is 6.03 Å². The third kappa shape index (κ3) is 5.85. The van der Waals surface area contributed by atoms with Crippen LogP contribution in [0.5, 0.6) is 5.75 Å². The second-order valence-electron chi connectivity index (χ2n) is 11.8. The lowest BCUT2D eigenvalue weighted by atomic mass is 9.72. The number of urea groups is 1. The molecule has 0 spiro atoms. The van der Waals surface area contributed by atoms with Crippen LogP contribution >= 0.6 is 0 Å². The number of benzene rings is 2. The van der Waals surface area contributed by atoms with Gasteiger partial charge in [0, 0.05) is 37.8 Å². The number of imide groups is 1. The van der Waals surface area contributed by atoms with Crippen molar-refractivity contribution < 1.29 is 19.1 Å². The van der Waals surface area contributed by atoms with Crippen molar-refractivity contribution >= 4 is 17.8 Å². The molecule has 0 aromatic heterocycles. The number of carbonyl (C=O) groups excluding carboxylic acids is 3. The number of likely N-dealkylation sites (tertiary alicyclic amines) is 1. The van der Waals surface area contributed by atoms with Gasteiger partial charge in [0.15, 0.2) is 6.23 Å². The van der Waals surface area contributed by atoms with Gasteiger partial charge in [-0.2, -0.15) is 0 Å². The van der Waals surface area contributed by atoms with E-state index >= 15 is 0 Å². The lowest BCUT2D eigenvalue weighted by Gasteiger charge is -2.53. The lowest BCUT2D eigenvalue weighted by Crippen LogP contribution is -2.73. The molecule has 0 radical (unpaired) electrons. The molecule has 2 aromatic rings. The average molecular weight is 561 g/mol. The molecule has 220 valence electrons. The summed E-state index contributed by atoms with van der Waals surface area (Å²) >= 11 is 0. The topological polar surface area (TPSA) is 82.2 Å². The minimum absolute atomic E-state index is 0.0290. The summed E-state index contributed by atoms with van der Waals surface area (Å²) in [6, 6.07) is 15.3. The summed E-state index contributed by atoms with van der Waals surface area (Å²) in [4.78, 5) is 45.7. The Bertz CT molecular complexity index is 1230. The lowest BCUT2D eigenvalue weighted by molar-refractivity contribution is -0.191. The van der Waals surface area contributed by atoms with Crippen molar-refractivity contribution in [1.82, 2.24) is 20.0 Å². The monoisotopic (exact) mass is 560 g/mol. The number of hydrogen-bond acceptors (Lipinski definition) is 5. The van der Waals surface area contributed by atoms with Gasteiger partial charge in [0.25, 0.3) is 5.91 Å². The first-order valence-electron chi connectivity index (χ1n) is 15.3. The molecular weight excluding hydrogens is 516 g/mol. The third-order valence-corrected chi connectivity index (χ3v) is 9.20. The van der Waals surface area contributed by atoms with Gasteiger partial charge in [-0.1, -0.05) is 57.0 Å². The summed E-state index contributed by atoms with van der Waals surface area (Å²) in [6.07, 6.45) is 4.63. The van der Waals surface area contributed by atoms with E-state index in [4.69, 9.17) is 4.74 Å². The molecule has 3 fully saturated rings. The minimum Gasteiger partial charge on any atom is -0.469 e. The highest BCUT2D eigenvalue weighted by Crippen LogP contribution is 2.46. The molecule has 1 aliphatic carbocycles. The molecule has 2 aromatic carbocycles. The largest absolute Gasteiger partial charge is 0.469 e. The quantitative estimate of drug-likeness (QED) is 0.387. The van der Waals surface area contributed by atoms with Gasteiger partial charge in [0.1, 0.15) is 11.2 Å². The molecule has 41 heavy (non-hydrogen) atoms. The van der Waals surface area contributed by atoms with Crippen molar-refractivity contribution in [2.75, 3.05) is 26.2 Å². The molecule has 4 amide bonds. The van der Waals surface area contributed by atoms with Crippen LogP contribution in [-0.4, -0.2) is 71.0 Å². The maximum Gasteiger partial charge on any atom is 0.327 e. The van der Waals surface area contributed by atoms with Gasteiger partial charge in [-0.3, -0.25) is 14.5 Å². The first-order chi connectivity index (χ1) is 19.8. The number of aryl methyl sites for hydroxylation is 1. The summed E-state index contributed by atoms with van der Waals surface area (Å²) < 4.78 is 6.36. The number of amides is 4. The van der Waals surface area contributed by atoms with E-state index in [1.807, 2.05) is 49.9 Å². The fraction of sp³-hybridized carbons (Fsp3) is 0.545. The molecule has 2 unspecified atom stereocenters. The van der Waals surface area contributed by atoms with E-state index in [-0.39, 0.29) is 17.9 Å². The number of nitrogens with one attached hydrogen (secondary N) is 1. The van der Waals surface area contributed by atoms with Gasteiger partial charge in [-0.15, -0.1) is 0 Å². The Morgan fingerprint density at radius 1 is 0.951 bits per heavy atom. The standard InChI is InChI=1S/C33H44N4O4/c1-5-8-28(24-11-9-23(4)10-12-24)34-32(40)37-30(39)33(6-2,7-3)31(37)41-27-17-13-25(14-18-27)29(38)36-21-19-35(20-22-36)26-15-16-26/h9-14,17-18,26,28,31H,5-8,15-16,19-22H2,1-4H3,(H,34,40). The molecule has 1 N–H and O–H groups in total. The highest BCUT2D eigenvalue weighted by Gasteiger charge is 2.63. The highest BCUT2D eigenvalue weighted by atomic mass is 16.5. The summed E-state index contributed by atoms with van der Waals surface area (Å²) in [6.45, 7) is 11.4. The number of ether oxygens (including phenoxy) is 1. The molecule has 2 heterocycles. The van der Waals surface area contributed by atoms with Crippen LogP contribution in [0.25, 0.3) is 0 Å². The van der Waals surface area contributed by atoms with Crippen molar-refractivity contribution in [3.63, 3.8) is 0 Å². The van der Waals surface area contributed by atoms with Crippen LogP contribution in [0.2, 0.25) is 0 Å². The van der Waals surface area contributed by atoms with Crippen LogP contribution < -0.4 is 10.1 Å². The Labute approximate surface area is 244 Å². The number of hydrogen-bond donors (Lipinski definition) is 1. The highest BCUT2D eigenvalue weighted by molar-refractivity contribution is 6.03. The zero-order valence-corrected chi connectivity index (χ0v) is 24.9. The van der Waals surface area contributed by atoms with E-state index in [2.05, 4.69) is 17.1 Å². The summed E-state index contributed by atoms with van der Waals surface area (Å²) in [5, 5.41) is 3.09. The predicted molar refractivity (Wildman–Crippen MR) is 159 cm³/mol. The Kier molecular flexibility index (Phi) is 8.68. The smallest absolute Gasteiger partial charge is 0.327 e. The van der Waals surface area contributed by atoms with E-state index < -0.39 is 17.7 Å². The summed E-state index contributed by atoms with van der Waals surface area (Å²) in [5.74, 6) is 0.355. The Morgan fingerprint density at radius 3 is 2.15 bits per heavy atom. The van der Waals surface area contributed by atoms with Gasteiger partial charge in [-0.25, -0.2) is 9.69 Å². The zero-order valence-electron chi connectivity index (χ0n) is 24.9. The maximum absolute atomic E-state index is 13.5. The normalized spacial score (nSPS) is 21.3. The number of nitrogens with zero attached hydrogens (tertiary/aromatic N) is 3. The Balaban J connectivity index is 1.27. The zero-order chi connectivity index (χ0) is 29.1. The molecule has 2 atom stereocenters. The molecule has 2 saturated heterocycles. The van der Waals surface area contributed by atoms with Crippen LogP contribution in [0.4, 0.5) is 4.79 Å². The van der Waals surface area contributed by atoms with E-state index in [1.54, 1.807) is 24.3 Å². The van der Waals surface area contributed by atoms with E-state index in [9.17, 15) is 14.4 Å². The Morgan fingerprint density at radius 2 is 1.59 bits per heavy atom. The van der Waals surface area contributed by atoms with Crippen molar-refractivity contribution in [3.05, 3.63) is 65.2 Å². The molecule has 8 nitrogen and oxygen atoms in total. The molecule has 1 saturated carbocycles.